The van der Waals surface area contributed by atoms with Gasteiger partial charge in [0.1, 0.15) is 5.60 Å². The van der Waals surface area contributed by atoms with Gasteiger partial charge in [-0.3, -0.25) is 0 Å². The summed E-state index contributed by atoms with van der Waals surface area (Å²) in [6.45, 7) is 9.19. The molecule has 1 aromatic carbocycles. The van der Waals surface area contributed by atoms with Crippen LogP contribution < -0.4 is 5.73 Å². The average Bonchev–Trinajstić information content (AvgIpc) is 2.45. The number of ether oxygens (including phenoxy) is 1. The second kappa shape index (κ2) is 6.69. The third-order valence-corrected chi connectivity index (χ3v) is 4.05. The van der Waals surface area contributed by atoms with Crippen molar-refractivity contribution in [2.45, 2.75) is 58.7 Å². The lowest BCUT2D eigenvalue weighted by molar-refractivity contribution is 0.00364. The van der Waals surface area contributed by atoms with Gasteiger partial charge >= 0.3 is 6.09 Å². The van der Waals surface area contributed by atoms with Gasteiger partial charge in [0.25, 0.3) is 0 Å². The van der Waals surface area contributed by atoms with Gasteiger partial charge in [-0.1, -0.05) is 31.2 Å². The van der Waals surface area contributed by atoms with Crippen molar-refractivity contribution >= 4 is 6.09 Å². The van der Waals surface area contributed by atoms with Crippen LogP contribution in [-0.2, 0) is 11.3 Å². The maximum Gasteiger partial charge on any atom is 0.410 e. The van der Waals surface area contributed by atoms with E-state index in [9.17, 15) is 4.79 Å². The third-order valence-electron chi connectivity index (χ3n) is 4.05. The normalized spacial score (nSPS) is 22.5. The second-order valence-electron chi connectivity index (χ2n) is 7.28. The maximum absolute atomic E-state index is 12.5. The molecule has 1 heterocycles. The fourth-order valence-corrected chi connectivity index (χ4v) is 2.90. The van der Waals surface area contributed by atoms with Crippen LogP contribution in [0.1, 0.15) is 57.7 Å². The van der Waals surface area contributed by atoms with E-state index < -0.39 is 5.60 Å². The summed E-state index contributed by atoms with van der Waals surface area (Å²) in [6.07, 6.45) is 1.89. The number of carbonyl (C=O) groups is 1. The number of benzene rings is 1. The van der Waals surface area contributed by atoms with Crippen molar-refractivity contribution in [3.63, 3.8) is 0 Å². The molecule has 2 unspecified atom stereocenters. The van der Waals surface area contributed by atoms with Crippen LogP contribution >= 0.6 is 0 Å². The number of piperidine rings is 1. The van der Waals surface area contributed by atoms with E-state index in [1.165, 1.54) is 0 Å². The van der Waals surface area contributed by atoms with Crippen LogP contribution in [0.15, 0.2) is 24.3 Å². The molecule has 2 N–H and O–H groups in total. The highest BCUT2D eigenvalue weighted by molar-refractivity contribution is 5.69. The molecule has 0 saturated carbocycles. The van der Waals surface area contributed by atoms with Crippen molar-refractivity contribution in [3.05, 3.63) is 35.4 Å². The molecule has 22 heavy (non-hydrogen) atoms. The van der Waals surface area contributed by atoms with Crippen molar-refractivity contribution in [2.75, 3.05) is 6.54 Å². The number of nitrogens with two attached hydrogens (primary N) is 1. The minimum absolute atomic E-state index is 0.0953. The number of hydrogen-bond donors (Lipinski definition) is 1. The molecule has 1 aliphatic heterocycles. The van der Waals surface area contributed by atoms with Crippen molar-refractivity contribution in [3.8, 4) is 0 Å². The maximum atomic E-state index is 12.5. The second-order valence-corrected chi connectivity index (χ2v) is 7.28. The zero-order valence-electron chi connectivity index (χ0n) is 14.1. The first kappa shape index (κ1) is 16.8. The average molecular weight is 304 g/mol. The number of carbonyl (C=O) groups excluding carboxylic acids is 1. The van der Waals surface area contributed by atoms with Crippen LogP contribution in [0, 0.1) is 5.92 Å². The smallest absolute Gasteiger partial charge is 0.410 e. The van der Waals surface area contributed by atoms with E-state index in [2.05, 4.69) is 19.1 Å². The molecule has 0 aliphatic carbocycles. The van der Waals surface area contributed by atoms with Gasteiger partial charge in [-0.2, -0.15) is 0 Å². The van der Waals surface area contributed by atoms with Gasteiger partial charge in [-0.15, -0.1) is 0 Å². The van der Waals surface area contributed by atoms with E-state index in [1.807, 2.05) is 37.8 Å². The van der Waals surface area contributed by atoms with Crippen molar-refractivity contribution in [1.82, 2.24) is 4.90 Å². The summed E-state index contributed by atoms with van der Waals surface area (Å²) in [7, 11) is 0. The molecule has 1 aromatic rings. The summed E-state index contributed by atoms with van der Waals surface area (Å²) in [6, 6.07) is 8.35. The SMILES string of the molecule is CC1CCC(c2ccc(CN)cc2)N(C(=O)OC(C)(C)C)C1. The van der Waals surface area contributed by atoms with Crippen molar-refractivity contribution < 1.29 is 9.53 Å². The van der Waals surface area contributed by atoms with Gasteiger partial charge in [0.2, 0.25) is 0 Å². The molecule has 1 fully saturated rings. The largest absolute Gasteiger partial charge is 0.444 e. The molecule has 0 aromatic heterocycles. The summed E-state index contributed by atoms with van der Waals surface area (Å²) in [5.41, 5.74) is 7.46. The number of rotatable bonds is 2. The zero-order valence-corrected chi connectivity index (χ0v) is 14.1. The van der Waals surface area contributed by atoms with Gasteiger partial charge in [0.15, 0.2) is 0 Å². The fraction of sp³-hybridized carbons (Fsp3) is 0.611. The molecule has 2 atom stereocenters. The van der Waals surface area contributed by atoms with Gasteiger partial charge in [0, 0.05) is 13.1 Å². The van der Waals surface area contributed by atoms with E-state index in [0.29, 0.717) is 12.5 Å². The molecule has 0 bridgehead atoms. The monoisotopic (exact) mass is 304 g/mol. The lowest BCUT2D eigenvalue weighted by Crippen LogP contribution is -2.44. The van der Waals surface area contributed by atoms with Crippen LogP contribution in [-0.4, -0.2) is 23.1 Å². The molecule has 4 nitrogen and oxygen atoms in total. The van der Waals surface area contributed by atoms with E-state index >= 15 is 0 Å². The van der Waals surface area contributed by atoms with Crippen LogP contribution in [0.25, 0.3) is 0 Å². The molecular formula is C18H28N2O2. The Morgan fingerprint density at radius 3 is 2.45 bits per heavy atom. The molecule has 0 spiro atoms. The first-order valence-corrected chi connectivity index (χ1v) is 8.08. The minimum atomic E-state index is -0.467. The van der Waals surface area contributed by atoms with E-state index in [0.717, 1.165) is 30.5 Å². The molecular weight excluding hydrogens is 276 g/mol. The summed E-state index contributed by atoms with van der Waals surface area (Å²) in [5.74, 6) is 0.507. The zero-order chi connectivity index (χ0) is 16.3. The van der Waals surface area contributed by atoms with Crippen LogP contribution in [0.5, 0.6) is 0 Å². The predicted molar refractivity (Wildman–Crippen MR) is 88.4 cm³/mol. The molecule has 1 aliphatic rings. The molecule has 2 rings (SSSR count). The predicted octanol–water partition coefficient (Wildman–Crippen LogP) is 3.85. The molecule has 1 saturated heterocycles. The lowest BCUT2D eigenvalue weighted by atomic mass is 9.90. The van der Waals surface area contributed by atoms with E-state index in [-0.39, 0.29) is 12.1 Å². The Hall–Kier alpha value is -1.55. The highest BCUT2D eigenvalue weighted by atomic mass is 16.6. The first-order chi connectivity index (χ1) is 10.3. The van der Waals surface area contributed by atoms with Crippen LogP contribution in [0.4, 0.5) is 4.79 Å². The van der Waals surface area contributed by atoms with E-state index in [4.69, 9.17) is 10.5 Å². The number of nitrogens with zero attached hydrogens (tertiary/aromatic N) is 1. The Morgan fingerprint density at radius 2 is 1.91 bits per heavy atom. The van der Waals surface area contributed by atoms with Gasteiger partial charge in [0.05, 0.1) is 6.04 Å². The Bertz CT molecular complexity index is 505. The Balaban J connectivity index is 2.20. The highest BCUT2D eigenvalue weighted by Crippen LogP contribution is 2.34. The van der Waals surface area contributed by atoms with Gasteiger partial charge in [-0.25, -0.2) is 4.79 Å². The first-order valence-electron chi connectivity index (χ1n) is 8.08. The Morgan fingerprint density at radius 1 is 1.27 bits per heavy atom. The summed E-state index contributed by atoms with van der Waals surface area (Å²) in [5, 5.41) is 0. The van der Waals surface area contributed by atoms with Gasteiger partial charge in [-0.05, 0) is 50.7 Å². The Kier molecular flexibility index (Phi) is 5.12. The number of hydrogen-bond acceptors (Lipinski definition) is 3. The highest BCUT2D eigenvalue weighted by Gasteiger charge is 2.33. The van der Waals surface area contributed by atoms with Crippen LogP contribution in [0.2, 0.25) is 0 Å². The quantitative estimate of drug-likeness (QED) is 0.902. The van der Waals surface area contributed by atoms with Crippen molar-refractivity contribution in [1.29, 1.82) is 0 Å². The standard InChI is InChI=1S/C18H28N2O2/c1-13-5-10-16(15-8-6-14(11-19)7-9-15)20(12-13)17(21)22-18(2,3)4/h6-9,13,16H,5,10-12,19H2,1-4H3. The summed E-state index contributed by atoms with van der Waals surface area (Å²) < 4.78 is 5.59. The molecule has 1 amide bonds. The van der Waals surface area contributed by atoms with Crippen molar-refractivity contribution in [2.24, 2.45) is 11.7 Å². The summed E-state index contributed by atoms with van der Waals surface area (Å²) in [4.78, 5) is 14.4. The topological polar surface area (TPSA) is 55.6 Å². The van der Waals surface area contributed by atoms with Crippen LogP contribution in [0.3, 0.4) is 0 Å². The summed E-state index contributed by atoms with van der Waals surface area (Å²) >= 11 is 0. The molecule has 122 valence electrons. The minimum Gasteiger partial charge on any atom is -0.444 e. The fourth-order valence-electron chi connectivity index (χ4n) is 2.90. The number of amides is 1. The third kappa shape index (κ3) is 4.23. The number of likely N-dealkylation sites (tertiary alicyclic amines) is 1. The lowest BCUT2D eigenvalue weighted by Gasteiger charge is -2.39. The van der Waals surface area contributed by atoms with Gasteiger partial charge < -0.3 is 15.4 Å². The Labute approximate surface area is 133 Å². The molecule has 0 radical (unpaired) electrons. The van der Waals surface area contributed by atoms with E-state index in [1.54, 1.807) is 0 Å². The molecule has 4 heteroatoms.